The van der Waals surface area contributed by atoms with Gasteiger partial charge in [-0.1, -0.05) is 38.1 Å². The van der Waals surface area contributed by atoms with Gasteiger partial charge in [-0.3, -0.25) is 0 Å². The molecule has 0 amide bonds. The Kier molecular flexibility index (Phi) is 4.31. The van der Waals surface area contributed by atoms with Gasteiger partial charge >= 0.3 is 0 Å². The Balaban J connectivity index is 1.80. The molecule has 0 N–H and O–H groups in total. The highest BCUT2D eigenvalue weighted by molar-refractivity contribution is 6.08. The lowest BCUT2D eigenvalue weighted by molar-refractivity contribution is -0.633. The second kappa shape index (κ2) is 6.91. The number of hydrogen-bond donors (Lipinski definition) is 0. The molecular weight excluding hydrogens is 375 g/mol. The van der Waals surface area contributed by atoms with Crippen molar-refractivity contribution < 1.29 is 13.4 Å². The van der Waals surface area contributed by atoms with Gasteiger partial charge in [-0.2, -0.15) is 13.9 Å². The van der Waals surface area contributed by atoms with Gasteiger partial charge < -0.3 is 4.42 Å². The molecule has 3 heterocycles. The average molecular weight is 399 g/mol. The first-order chi connectivity index (χ1) is 14.4. The van der Waals surface area contributed by atoms with Gasteiger partial charge in [0.1, 0.15) is 7.05 Å². The minimum Gasteiger partial charge on any atom is -0.437 e. The van der Waals surface area contributed by atoms with Crippen molar-refractivity contribution in [3.05, 3.63) is 71.7 Å². The van der Waals surface area contributed by atoms with E-state index in [1.54, 1.807) is 6.07 Å². The molecular formula is C26H24FN2O+. The van der Waals surface area contributed by atoms with Crippen molar-refractivity contribution in [2.24, 2.45) is 13.0 Å². The van der Waals surface area contributed by atoms with E-state index >= 15 is 0 Å². The molecule has 0 unspecified atom stereocenters. The van der Waals surface area contributed by atoms with Gasteiger partial charge in [-0.25, -0.2) is 0 Å². The number of fused-ring (bicyclic) bond motifs is 4. The van der Waals surface area contributed by atoms with Gasteiger partial charge in [0.25, 0.3) is 0 Å². The number of furan rings is 1. The predicted molar refractivity (Wildman–Crippen MR) is 119 cm³/mol. The van der Waals surface area contributed by atoms with Crippen LogP contribution in [0.1, 0.15) is 25.0 Å². The summed E-state index contributed by atoms with van der Waals surface area (Å²) < 4.78 is 22.0. The Morgan fingerprint density at radius 3 is 2.53 bits per heavy atom. The van der Waals surface area contributed by atoms with E-state index in [4.69, 9.17) is 4.42 Å². The van der Waals surface area contributed by atoms with Crippen molar-refractivity contribution in [3.8, 4) is 11.3 Å². The SMILES string of the molecule is Cc1ccc2c(oc3nc(F)ccc32)c1-c1ccc2c(CC(C)C)cccc2[n+]1C. The summed E-state index contributed by atoms with van der Waals surface area (Å²) >= 11 is 0. The van der Waals surface area contributed by atoms with Gasteiger partial charge in [0.15, 0.2) is 5.58 Å². The smallest absolute Gasteiger partial charge is 0.229 e. The molecule has 4 heteroatoms. The number of nitrogens with zero attached hydrogens (tertiary/aromatic N) is 2. The first kappa shape index (κ1) is 18.7. The summed E-state index contributed by atoms with van der Waals surface area (Å²) in [5, 5.41) is 3.05. The van der Waals surface area contributed by atoms with Crippen LogP contribution in [0.25, 0.3) is 44.2 Å². The van der Waals surface area contributed by atoms with E-state index in [1.165, 1.54) is 22.5 Å². The zero-order valence-electron chi connectivity index (χ0n) is 17.7. The van der Waals surface area contributed by atoms with Gasteiger partial charge in [0.05, 0.1) is 5.56 Å². The summed E-state index contributed by atoms with van der Waals surface area (Å²) in [5.74, 6) is 0.0637. The Morgan fingerprint density at radius 2 is 1.73 bits per heavy atom. The van der Waals surface area contributed by atoms with Crippen LogP contribution >= 0.6 is 0 Å². The Bertz CT molecular complexity index is 1430. The third-order valence-corrected chi connectivity index (χ3v) is 5.87. The zero-order valence-corrected chi connectivity index (χ0v) is 17.7. The lowest BCUT2D eigenvalue weighted by Crippen LogP contribution is -2.32. The molecule has 0 atom stereocenters. The van der Waals surface area contributed by atoms with E-state index in [0.29, 0.717) is 11.6 Å². The number of benzene rings is 2. The van der Waals surface area contributed by atoms with Crippen molar-refractivity contribution in [2.75, 3.05) is 0 Å². The maximum Gasteiger partial charge on any atom is 0.229 e. The second-order valence-electron chi connectivity index (χ2n) is 8.45. The summed E-state index contributed by atoms with van der Waals surface area (Å²) in [5.41, 5.74) is 6.81. The molecule has 0 aliphatic rings. The first-order valence-corrected chi connectivity index (χ1v) is 10.3. The quantitative estimate of drug-likeness (QED) is 0.264. The van der Waals surface area contributed by atoms with E-state index in [0.717, 1.165) is 39.6 Å². The minimum atomic E-state index is -0.534. The molecule has 5 rings (SSSR count). The fourth-order valence-corrected chi connectivity index (χ4v) is 4.47. The second-order valence-corrected chi connectivity index (χ2v) is 8.45. The van der Waals surface area contributed by atoms with Gasteiger partial charge in [0, 0.05) is 28.3 Å². The largest absolute Gasteiger partial charge is 0.437 e. The standard InChI is InChI=1S/C26H24FN2O/c1-15(2)14-17-6-5-7-21-18(17)10-12-22(29(21)4)24-16(3)8-9-19-20-11-13-23(27)28-26(20)30-25(19)24/h5-13,15H,14H2,1-4H3/q+1. The molecule has 0 aliphatic heterocycles. The van der Waals surface area contributed by atoms with Crippen LogP contribution in [0, 0.1) is 18.8 Å². The highest BCUT2D eigenvalue weighted by Gasteiger charge is 2.23. The number of pyridine rings is 2. The molecule has 30 heavy (non-hydrogen) atoms. The van der Waals surface area contributed by atoms with E-state index in [1.807, 2.05) is 6.07 Å². The minimum absolute atomic E-state index is 0.333. The fraction of sp³-hybridized carbons (Fsp3) is 0.231. The molecule has 0 radical (unpaired) electrons. The zero-order chi connectivity index (χ0) is 21.0. The van der Waals surface area contributed by atoms with Crippen LogP contribution in [0.15, 0.2) is 59.0 Å². The van der Waals surface area contributed by atoms with Crippen molar-refractivity contribution >= 4 is 33.0 Å². The van der Waals surface area contributed by atoms with E-state index in [9.17, 15) is 4.39 Å². The summed E-state index contributed by atoms with van der Waals surface area (Å²) in [6, 6.07) is 18.1. The van der Waals surface area contributed by atoms with Crippen LogP contribution in [0.3, 0.4) is 0 Å². The summed E-state index contributed by atoms with van der Waals surface area (Å²) in [4.78, 5) is 3.95. The van der Waals surface area contributed by atoms with Crippen LogP contribution in [0.2, 0.25) is 0 Å². The van der Waals surface area contributed by atoms with Crippen LogP contribution in [-0.4, -0.2) is 4.98 Å². The van der Waals surface area contributed by atoms with E-state index in [-0.39, 0.29) is 0 Å². The molecule has 3 nitrogen and oxygen atoms in total. The molecule has 3 aromatic heterocycles. The number of halogens is 1. The van der Waals surface area contributed by atoms with Crippen molar-refractivity contribution in [1.82, 2.24) is 4.98 Å². The Labute approximate surface area is 174 Å². The molecule has 0 spiro atoms. The summed E-state index contributed by atoms with van der Waals surface area (Å²) in [6.45, 7) is 6.57. The molecule has 0 bridgehead atoms. The maximum absolute atomic E-state index is 13.7. The van der Waals surface area contributed by atoms with Gasteiger partial charge in [0.2, 0.25) is 22.9 Å². The first-order valence-electron chi connectivity index (χ1n) is 10.3. The molecule has 0 fully saturated rings. The van der Waals surface area contributed by atoms with Crippen molar-refractivity contribution in [2.45, 2.75) is 27.2 Å². The average Bonchev–Trinajstić information content (AvgIpc) is 3.06. The van der Waals surface area contributed by atoms with Crippen LogP contribution in [0.4, 0.5) is 4.39 Å². The summed E-state index contributed by atoms with van der Waals surface area (Å²) in [6.07, 6.45) is 1.05. The lowest BCUT2D eigenvalue weighted by Gasteiger charge is -2.11. The number of aryl methyl sites for hydroxylation is 2. The maximum atomic E-state index is 13.7. The van der Waals surface area contributed by atoms with E-state index < -0.39 is 5.95 Å². The highest BCUT2D eigenvalue weighted by Crippen LogP contribution is 2.36. The van der Waals surface area contributed by atoms with Gasteiger partial charge in [-0.05, 0) is 48.6 Å². The molecule has 0 aliphatic carbocycles. The predicted octanol–water partition coefficient (Wildman–Crippen LogP) is 6.27. The number of hydrogen-bond acceptors (Lipinski definition) is 2. The molecule has 0 saturated carbocycles. The summed E-state index contributed by atoms with van der Waals surface area (Å²) in [7, 11) is 2.09. The van der Waals surface area contributed by atoms with E-state index in [2.05, 4.69) is 73.8 Å². The highest BCUT2D eigenvalue weighted by atomic mass is 19.1. The van der Waals surface area contributed by atoms with Crippen molar-refractivity contribution in [3.63, 3.8) is 0 Å². The monoisotopic (exact) mass is 399 g/mol. The molecule has 150 valence electrons. The molecule has 0 saturated heterocycles. The molecule has 5 aromatic rings. The third-order valence-electron chi connectivity index (χ3n) is 5.87. The van der Waals surface area contributed by atoms with Crippen LogP contribution in [-0.2, 0) is 13.5 Å². The number of rotatable bonds is 3. The van der Waals surface area contributed by atoms with Crippen LogP contribution in [0.5, 0.6) is 0 Å². The van der Waals surface area contributed by atoms with Crippen LogP contribution < -0.4 is 4.57 Å². The fourth-order valence-electron chi connectivity index (χ4n) is 4.47. The third kappa shape index (κ3) is 2.86. The lowest BCUT2D eigenvalue weighted by atomic mass is 9.96. The van der Waals surface area contributed by atoms with Crippen molar-refractivity contribution in [1.29, 1.82) is 0 Å². The molecule has 2 aromatic carbocycles. The number of aromatic nitrogens is 2. The Morgan fingerprint density at radius 1 is 0.967 bits per heavy atom. The normalized spacial score (nSPS) is 11.9. The topological polar surface area (TPSA) is 29.9 Å². The van der Waals surface area contributed by atoms with Gasteiger partial charge in [-0.15, -0.1) is 0 Å². The Hall–Kier alpha value is -3.27.